The fourth-order valence-corrected chi connectivity index (χ4v) is 1.51. The Balaban J connectivity index is 0.000000845. The van der Waals surface area contributed by atoms with Crippen LogP contribution in [0.4, 0.5) is 0 Å². The zero-order chi connectivity index (χ0) is 8.39. The van der Waals surface area contributed by atoms with E-state index in [1.54, 1.807) is 0 Å². The van der Waals surface area contributed by atoms with E-state index in [1.165, 1.54) is 0 Å². The van der Waals surface area contributed by atoms with Crippen molar-refractivity contribution in [1.29, 1.82) is 0 Å². The van der Waals surface area contributed by atoms with Gasteiger partial charge in [-0.25, -0.2) is 0 Å². The van der Waals surface area contributed by atoms with Crippen LogP contribution < -0.4 is 0 Å². The maximum Gasteiger partial charge on any atom is 0.138 e. The van der Waals surface area contributed by atoms with Crippen LogP contribution in [-0.4, -0.2) is 6.29 Å². The van der Waals surface area contributed by atoms with E-state index in [2.05, 4.69) is 12.2 Å². The normalized spacial score (nSPS) is 18.9. The van der Waals surface area contributed by atoms with Gasteiger partial charge in [0.25, 0.3) is 0 Å². The molecule has 0 aliphatic heterocycles. The minimum absolute atomic E-state index is 0. The molecular weight excluding hydrogens is 204 g/mol. The fraction of sp³-hybridized carbons (Fsp3) is 0.182. The summed E-state index contributed by atoms with van der Waals surface area (Å²) < 4.78 is 0. The van der Waals surface area contributed by atoms with Gasteiger partial charge in [0.15, 0.2) is 0 Å². The van der Waals surface area contributed by atoms with Crippen molar-refractivity contribution in [2.45, 2.75) is 12.8 Å². The van der Waals surface area contributed by atoms with Crippen molar-refractivity contribution in [3.05, 3.63) is 47.1 Å². The van der Waals surface area contributed by atoms with Crippen LogP contribution in [0.2, 0.25) is 0 Å². The Labute approximate surface area is 88.4 Å². The average molecular weight is 213 g/mol. The van der Waals surface area contributed by atoms with Crippen LogP contribution in [0.25, 0.3) is 0 Å². The molecule has 0 amide bonds. The molecule has 13 heavy (non-hydrogen) atoms. The summed E-state index contributed by atoms with van der Waals surface area (Å²) in [6, 6.07) is 0. The Morgan fingerprint density at radius 2 is 2.15 bits per heavy atom. The van der Waals surface area contributed by atoms with Crippen LogP contribution in [0, 0.1) is 6.08 Å². The molecule has 0 aromatic carbocycles. The van der Waals surface area contributed by atoms with Gasteiger partial charge >= 0.3 is 0 Å². The fourth-order valence-electron chi connectivity index (χ4n) is 1.51. The molecule has 0 radical (unpaired) electrons. The topological polar surface area (TPSA) is 17.1 Å². The summed E-state index contributed by atoms with van der Waals surface area (Å²) in [4.78, 5) is 10.6. The summed E-state index contributed by atoms with van der Waals surface area (Å²) in [6.45, 7) is 0. The van der Waals surface area contributed by atoms with Crippen molar-refractivity contribution in [2.75, 3.05) is 0 Å². The summed E-state index contributed by atoms with van der Waals surface area (Å²) in [5, 5.41) is 0. The molecule has 0 spiro atoms. The van der Waals surface area contributed by atoms with E-state index in [0.717, 1.165) is 35.8 Å². The Bertz CT molecular complexity index is 332. The zero-order valence-corrected chi connectivity index (χ0v) is 8.17. The van der Waals surface area contributed by atoms with E-state index in [9.17, 15) is 4.79 Å². The smallest absolute Gasteiger partial charge is 0.138 e. The van der Waals surface area contributed by atoms with Gasteiger partial charge in [0.05, 0.1) is 0 Å². The van der Waals surface area contributed by atoms with Crippen molar-refractivity contribution in [3.63, 3.8) is 0 Å². The molecule has 2 aliphatic rings. The molecule has 0 fully saturated rings. The first-order valence-electron chi connectivity index (χ1n) is 4.04. The molecule has 0 N–H and O–H groups in total. The van der Waals surface area contributed by atoms with E-state index in [4.69, 9.17) is 0 Å². The summed E-state index contributed by atoms with van der Waals surface area (Å²) >= 11 is 0. The molecule has 68 valence electrons. The van der Waals surface area contributed by atoms with Gasteiger partial charge in [0.2, 0.25) is 0 Å². The van der Waals surface area contributed by atoms with Crippen LogP contribution in [-0.2, 0) is 21.9 Å². The first-order valence-corrected chi connectivity index (χ1v) is 4.04. The zero-order valence-electron chi connectivity index (χ0n) is 7.06. The van der Waals surface area contributed by atoms with Gasteiger partial charge in [0.1, 0.15) is 6.29 Å². The monoisotopic (exact) mass is 213 g/mol. The quantitative estimate of drug-likeness (QED) is 0.390. The molecule has 2 aliphatic carbocycles. The predicted octanol–water partition coefficient (Wildman–Crippen LogP) is 2.13. The third-order valence-corrected chi connectivity index (χ3v) is 2.11. The average Bonchev–Trinajstić information content (AvgIpc) is 2.74. The third-order valence-electron chi connectivity index (χ3n) is 2.11. The van der Waals surface area contributed by atoms with Gasteiger partial charge in [0, 0.05) is 17.1 Å². The number of allylic oxidation sites excluding steroid dienone is 8. The Morgan fingerprint density at radius 3 is 2.77 bits per heavy atom. The van der Waals surface area contributed by atoms with Crippen molar-refractivity contribution in [2.24, 2.45) is 0 Å². The Morgan fingerprint density at radius 1 is 1.31 bits per heavy atom. The summed E-state index contributed by atoms with van der Waals surface area (Å²) in [7, 11) is 0. The molecule has 0 unspecified atom stereocenters. The number of aldehydes is 1. The van der Waals surface area contributed by atoms with Gasteiger partial charge in [-0.2, -0.15) is 17.7 Å². The minimum atomic E-state index is 0. The number of hydrogen-bond acceptors (Lipinski definition) is 1. The molecule has 2 rings (SSSR count). The SMILES string of the molecule is O=CC1=C(C2=[C-]CC=C2)CC=C1.[Fe]. The van der Waals surface area contributed by atoms with Gasteiger partial charge in [-0.15, -0.1) is 11.6 Å². The first-order chi connectivity index (χ1) is 5.92. The number of carbonyl (C=O) groups excluding carboxylic acids is 1. The van der Waals surface area contributed by atoms with Gasteiger partial charge in [-0.1, -0.05) is 25.0 Å². The molecule has 0 heterocycles. The standard InChI is InChI=1S/C11H9O.Fe/c12-8-10-6-3-7-11(10)9-4-1-2-5-9;/h1,3-4,6,8H,2,7H2;/q-1;. The number of hydrogen-bond donors (Lipinski definition) is 0. The summed E-state index contributed by atoms with van der Waals surface area (Å²) in [5.41, 5.74) is 3.03. The molecule has 0 atom stereocenters. The molecule has 0 saturated heterocycles. The van der Waals surface area contributed by atoms with E-state index in [-0.39, 0.29) is 17.1 Å². The van der Waals surface area contributed by atoms with Crippen molar-refractivity contribution >= 4 is 6.29 Å². The molecular formula is C11H9FeO-. The molecule has 1 nitrogen and oxygen atoms in total. The molecule has 0 aromatic heterocycles. The second-order valence-electron chi connectivity index (χ2n) is 2.86. The minimum Gasteiger partial charge on any atom is -0.299 e. The van der Waals surface area contributed by atoms with Gasteiger partial charge in [-0.05, 0) is 5.57 Å². The maximum atomic E-state index is 10.6. The first kappa shape index (κ1) is 10.2. The predicted molar refractivity (Wildman–Crippen MR) is 47.4 cm³/mol. The van der Waals surface area contributed by atoms with Crippen molar-refractivity contribution in [3.8, 4) is 0 Å². The van der Waals surface area contributed by atoms with E-state index >= 15 is 0 Å². The number of rotatable bonds is 2. The van der Waals surface area contributed by atoms with Crippen LogP contribution in [0.15, 0.2) is 41.0 Å². The van der Waals surface area contributed by atoms with E-state index < -0.39 is 0 Å². The second kappa shape index (κ2) is 4.40. The van der Waals surface area contributed by atoms with Crippen LogP contribution >= 0.6 is 0 Å². The van der Waals surface area contributed by atoms with E-state index in [0.29, 0.717) is 0 Å². The van der Waals surface area contributed by atoms with E-state index in [1.807, 2.05) is 18.2 Å². The van der Waals surface area contributed by atoms with Crippen molar-refractivity contribution < 1.29 is 21.9 Å². The third kappa shape index (κ3) is 1.90. The van der Waals surface area contributed by atoms with Crippen LogP contribution in [0.5, 0.6) is 0 Å². The summed E-state index contributed by atoms with van der Waals surface area (Å²) in [6.07, 6.45) is 13.9. The van der Waals surface area contributed by atoms with Gasteiger partial charge in [-0.3, -0.25) is 4.79 Å². The maximum absolute atomic E-state index is 10.6. The van der Waals surface area contributed by atoms with Crippen LogP contribution in [0.1, 0.15) is 12.8 Å². The Hall–Kier alpha value is -0.851. The largest absolute Gasteiger partial charge is 0.299 e. The molecule has 0 bridgehead atoms. The molecule has 0 saturated carbocycles. The van der Waals surface area contributed by atoms with Gasteiger partial charge < -0.3 is 0 Å². The molecule has 2 heteroatoms. The van der Waals surface area contributed by atoms with Crippen LogP contribution in [0.3, 0.4) is 0 Å². The number of carbonyl (C=O) groups is 1. The Kier molecular flexibility index (Phi) is 3.47. The van der Waals surface area contributed by atoms with Crippen molar-refractivity contribution in [1.82, 2.24) is 0 Å². The molecule has 0 aromatic rings. The summed E-state index contributed by atoms with van der Waals surface area (Å²) in [5.74, 6) is 0. The second-order valence-corrected chi connectivity index (χ2v) is 2.86.